The molecule has 1 aliphatic rings. The van der Waals surface area contributed by atoms with Gasteiger partial charge in [0.05, 0.1) is 0 Å². The van der Waals surface area contributed by atoms with Crippen LogP contribution in [0.5, 0.6) is 0 Å². The van der Waals surface area contributed by atoms with Gasteiger partial charge >= 0.3 is 0 Å². The molecule has 1 aliphatic carbocycles. The molecule has 0 amide bonds. The van der Waals surface area contributed by atoms with Gasteiger partial charge in [-0.15, -0.1) is 33.4 Å². The molecule has 0 N–H and O–H groups in total. The molecule has 0 bridgehead atoms. The molecule has 2 rings (SSSR count). The third-order valence-electron chi connectivity index (χ3n) is 2.57. The predicted molar refractivity (Wildman–Crippen MR) is 58.5 cm³/mol. The molecule has 0 saturated heterocycles. The average molecular weight is 272 g/mol. The SMILES string of the molecule is CC1(c2cc(Cl)nnc2Cl)CC1(Cl)Cl. The lowest BCUT2D eigenvalue weighted by molar-refractivity contribution is 0.759. The van der Waals surface area contributed by atoms with Gasteiger partial charge < -0.3 is 0 Å². The van der Waals surface area contributed by atoms with Crippen molar-refractivity contribution < 1.29 is 0 Å². The van der Waals surface area contributed by atoms with Crippen molar-refractivity contribution in [1.82, 2.24) is 10.2 Å². The van der Waals surface area contributed by atoms with Gasteiger partial charge in [-0.25, -0.2) is 0 Å². The number of alkyl halides is 2. The van der Waals surface area contributed by atoms with E-state index in [0.717, 1.165) is 5.56 Å². The zero-order valence-corrected chi connectivity index (χ0v) is 10.2. The summed E-state index contributed by atoms with van der Waals surface area (Å²) < 4.78 is -0.775. The number of hydrogen-bond acceptors (Lipinski definition) is 2. The Labute approximate surface area is 102 Å². The van der Waals surface area contributed by atoms with Crippen LogP contribution >= 0.6 is 46.4 Å². The number of nitrogens with zero attached hydrogens (tertiary/aromatic N) is 2. The fourth-order valence-corrected chi connectivity index (χ4v) is 2.62. The van der Waals surface area contributed by atoms with Crippen LogP contribution in [0, 0.1) is 0 Å². The van der Waals surface area contributed by atoms with Crippen LogP contribution in [0.25, 0.3) is 0 Å². The van der Waals surface area contributed by atoms with Gasteiger partial charge in [0.25, 0.3) is 0 Å². The lowest BCUT2D eigenvalue weighted by Crippen LogP contribution is -2.11. The second-order valence-corrected chi connectivity index (χ2v) is 5.81. The molecule has 0 spiro atoms. The monoisotopic (exact) mass is 270 g/mol. The number of aromatic nitrogens is 2. The van der Waals surface area contributed by atoms with E-state index in [-0.39, 0.29) is 5.41 Å². The highest BCUT2D eigenvalue weighted by molar-refractivity contribution is 6.52. The molecule has 0 radical (unpaired) electrons. The zero-order valence-electron chi connectivity index (χ0n) is 7.19. The van der Waals surface area contributed by atoms with E-state index in [1.165, 1.54) is 0 Å². The molecule has 0 aromatic carbocycles. The summed E-state index contributed by atoms with van der Waals surface area (Å²) in [7, 11) is 0. The van der Waals surface area contributed by atoms with Crippen LogP contribution in [0.15, 0.2) is 6.07 Å². The van der Waals surface area contributed by atoms with Gasteiger partial charge in [-0.3, -0.25) is 0 Å². The van der Waals surface area contributed by atoms with E-state index in [4.69, 9.17) is 46.4 Å². The Morgan fingerprint density at radius 2 is 1.86 bits per heavy atom. The minimum Gasteiger partial charge on any atom is -0.137 e. The third kappa shape index (κ3) is 1.49. The Hall–Kier alpha value is 0.240. The molecule has 14 heavy (non-hydrogen) atoms. The smallest absolute Gasteiger partial charge is 0.137 e. The molecular formula is C8H6Cl4N2. The molecule has 1 heterocycles. The van der Waals surface area contributed by atoms with E-state index in [1.54, 1.807) is 6.07 Å². The molecule has 1 aromatic rings. The second kappa shape index (κ2) is 3.11. The van der Waals surface area contributed by atoms with Gasteiger partial charge in [0.15, 0.2) is 10.3 Å². The largest absolute Gasteiger partial charge is 0.155 e. The standard InChI is InChI=1S/C8H6Cl4N2/c1-7(3-8(7,11)12)4-2-5(9)13-14-6(4)10/h2H,3H2,1H3. The first-order chi connectivity index (χ1) is 6.37. The second-order valence-electron chi connectivity index (χ2n) is 3.58. The normalized spacial score (nSPS) is 28.9. The van der Waals surface area contributed by atoms with Gasteiger partial charge in [0.2, 0.25) is 0 Å². The Morgan fingerprint density at radius 1 is 1.29 bits per heavy atom. The highest BCUT2D eigenvalue weighted by atomic mass is 35.5. The summed E-state index contributed by atoms with van der Waals surface area (Å²) in [5.41, 5.74) is 0.386. The molecule has 6 heteroatoms. The van der Waals surface area contributed by atoms with Gasteiger partial charge in [0, 0.05) is 11.0 Å². The van der Waals surface area contributed by atoms with Crippen molar-refractivity contribution in [2.45, 2.75) is 23.1 Å². The number of hydrogen-bond donors (Lipinski definition) is 0. The van der Waals surface area contributed by atoms with Gasteiger partial charge in [-0.05, 0) is 12.5 Å². The number of halogens is 4. The fourth-order valence-electron chi connectivity index (χ4n) is 1.43. The highest BCUT2D eigenvalue weighted by Crippen LogP contribution is 2.65. The van der Waals surface area contributed by atoms with E-state index in [2.05, 4.69) is 10.2 Å². The van der Waals surface area contributed by atoms with Crippen molar-refractivity contribution in [2.75, 3.05) is 0 Å². The molecular weight excluding hydrogens is 266 g/mol. The van der Waals surface area contributed by atoms with E-state index < -0.39 is 4.33 Å². The maximum absolute atomic E-state index is 6.02. The summed E-state index contributed by atoms with van der Waals surface area (Å²) >= 11 is 23.7. The van der Waals surface area contributed by atoms with Gasteiger partial charge in [-0.2, -0.15) is 0 Å². The molecule has 1 aromatic heterocycles. The Kier molecular flexibility index (Phi) is 2.39. The van der Waals surface area contributed by atoms with E-state index >= 15 is 0 Å². The molecule has 0 aliphatic heterocycles. The summed E-state index contributed by atoms with van der Waals surface area (Å²) in [6.07, 6.45) is 0.644. The summed E-state index contributed by atoms with van der Waals surface area (Å²) in [4.78, 5) is 0. The predicted octanol–water partition coefficient (Wildman–Crippen LogP) is 3.62. The van der Waals surface area contributed by atoms with E-state index in [1.807, 2.05) is 6.92 Å². The molecule has 1 unspecified atom stereocenters. The van der Waals surface area contributed by atoms with E-state index in [9.17, 15) is 0 Å². The summed E-state index contributed by atoms with van der Waals surface area (Å²) in [5, 5.41) is 7.94. The Bertz CT molecular complexity index is 393. The third-order valence-corrected chi connectivity index (χ3v) is 4.14. The summed E-state index contributed by atoms with van der Waals surface area (Å²) in [6.45, 7) is 1.92. The maximum Gasteiger partial charge on any atom is 0.155 e. The molecule has 2 nitrogen and oxygen atoms in total. The van der Waals surface area contributed by atoms with Crippen LogP contribution < -0.4 is 0 Å². The summed E-state index contributed by atoms with van der Waals surface area (Å²) in [6, 6.07) is 1.66. The summed E-state index contributed by atoms with van der Waals surface area (Å²) in [5.74, 6) is 0. The molecule has 1 saturated carbocycles. The van der Waals surface area contributed by atoms with Gasteiger partial charge in [-0.1, -0.05) is 30.1 Å². The lowest BCUT2D eigenvalue weighted by Gasteiger charge is -2.12. The fraction of sp³-hybridized carbons (Fsp3) is 0.500. The first kappa shape index (κ1) is 10.7. The lowest BCUT2D eigenvalue weighted by atomic mass is 10.0. The molecule has 1 atom stereocenters. The average Bonchev–Trinajstić information content (AvgIpc) is 2.58. The highest BCUT2D eigenvalue weighted by Gasteiger charge is 2.64. The number of rotatable bonds is 1. The van der Waals surface area contributed by atoms with Crippen molar-refractivity contribution in [2.24, 2.45) is 0 Å². The van der Waals surface area contributed by atoms with E-state index in [0.29, 0.717) is 16.7 Å². The van der Waals surface area contributed by atoms with Crippen molar-refractivity contribution in [3.05, 3.63) is 21.9 Å². The Balaban J connectivity index is 2.48. The zero-order chi connectivity index (χ0) is 10.6. The van der Waals surface area contributed by atoms with Crippen LogP contribution in [0.3, 0.4) is 0 Å². The van der Waals surface area contributed by atoms with Crippen molar-refractivity contribution in [1.29, 1.82) is 0 Å². The molecule has 1 fully saturated rings. The quantitative estimate of drug-likeness (QED) is 0.729. The Morgan fingerprint density at radius 3 is 2.36 bits per heavy atom. The van der Waals surface area contributed by atoms with Crippen molar-refractivity contribution in [3.63, 3.8) is 0 Å². The van der Waals surface area contributed by atoms with Crippen molar-refractivity contribution in [3.8, 4) is 0 Å². The van der Waals surface area contributed by atoms with Crippen LogP contribution in [-0.2, 0) is 5.41 Å². The molecule has 76 valence electrons. The van der Waals surface area contributed by atoms with Gasteiger partial charge in [0.1, 0.15) is 4.33 Å². The first-order valence-electron chi connectivity index (χ1n) is 3.94. The van der Waals surface area contributed by atoms with Crippen LogP contribution in [0.4, 0.5) is 0 Å². The minimum atomic E-state index is -0.775. The first-order valence-corrected chi connectivity index (χ1v) is 5.45. The van der Waals surface area contributed by atoms with Crippen molar-refractivity contribution >= 4 is 46.4 Å². The van der Waals surface area contributed by atoms with Crippen LogP contribution in [0.1, 0.15) is 18.9 Å². The topological polar surface area (TPSA) is 25.8 Å². The van der Waals surface area contributed by atoms with Crippen LogP contribution in [0.2, 0.25) is 10.3 Å². The maximum atomic E-state index is 6.02. The van der Waals surface area contributed by atoms with Crippen LogP contribution in [-0.4, -0.2) is 14.5 Å². The minimum absolute atomic E-state index is 0.293.